The molecule has 118 valence electrons. The molecule has 1 aromatic carbocycles. The summed E-state index contributed by atoms with van der Waals surface area (Å²) in [6, 6.07) is 12.8. The number of carbonyl (C=O) groups is 1. The minimum Gasteiger partial charge on any atom is -0.346 e. The molecule has 1 amide bonds. The molecule has 0 saturated carbocycles. The number of hydrogen-bond acceptors (Lipinski definition) is 5. The number of carbonyl (C=O) groups excluding carboxylic acids is 1. The van der Waals surface area contributed by atoms with E-state index in [1.807, 2.05) is 12.1 Å². The second-order valence-electron chi connectivity index (χ2n) is 5.63. The lowest BCUT2D eigenvalue weighted by Gasteiger charge is -2.12. The van der Waals surface area contributed by atoms with E-state index in [0.717, 1.165) is 17.5 Å². The van der Waals surface area contributed by atoms with E-state index >= 15 is 0 Å². The summed E-state index contributed by atoms with van der Waals surface area (Å²) in [5, 5.41) is 20.8. The quantitative estimate of drug-likeness (QED) is 0.873. The van der Waals surface area contributed by atoms with Crippen molar-refractivity contribution in [3.63, 3.8) is 0 Å². The predicted octanol–water partition coefficient (Wildman–Crippen LogP) is 1.91. The number of nitrogens with one attached hydrogen (secondary N) is 1. The van der Waals surface area contributed by atoms with Gasteiger partial charge in [0.1, 0.15) is 5.69 Å². The predicted molar refractivity (Wildman–Crippen MR) is 87.4 cm³/mol. The van der Waals surface area contributed by atoms with Gasteiger partial charge < -0.3 is 10.2 Å². The highest BCUT2D eigenvalue weighted by atomic mass is 16.1. The lowest BCUT2D eigenvalue weighted by atomic mass is 10.0. The largest absolute Gasteiger partial charge is 0.346 e. The number of amides is 1. The van der Waals surface area contributed by atoms with Gasteiger partial charge in [-0.15, -0.1) is 0 Å². The molecule has 0 unspecified atom stereocenters. The number of rotatable bonds is 3. The summed E-state index contributed by atoms with van der Waals surface area (Å²) in [5.74, 6) is -0.252. The fourth-order valence-corrected chi connectivity index (χ4v) is 2.73. The first-order chi connectivity index (χ1) is 11.7. The molecule has 1 N–H and O–H groups in total. The fourth-order valence-electron chi connectivity index (χ4n) is 2.73. The van der Waals surface area contributed by atoms with Crippen LogP contribution in [0.5, 0.6) is 0 Å². The van der Waals surface area contributed by atoms with E-state index in [9.17, 15) is 4.79 Å². The van der Waals surface area contributed by atoms with Gasteiger partial charge in [-0.25, -0.2) is 0 Å². The Hall–Kier alpha value is -3.38. The third kappa shape index (κ3) is 3.34. The Balaban J connectivity index is 1.77. The van der Waals surface area contributed by atoms with Crippen LogP contribution in [0.25, 0.3) is 11.1 Å². The Morgan fingerprint density at radius 2 is 2.08 bits per heavy atom. The Morgan fingerprint density at radius 3 is 2.83 bits per heavy atom. The number of aromatic nitrogens is 1. The van der Waals surface area contributed by atoms with Crippen molar-refractivity contribution in [3.8, 4) is 23.4 Å². The van der Waals surface area contributed by atoms with Gasteiger partial charge >= 0.3 is 0 Å². The third-order valence-electron chi connectivity index (χ3n) is 3.98. The van der Waals surface area contributed by atoms with Gasteiger partial charge in [0.25, 0.3) is 5.91 Å². The van der Waals surface area contributed by atoms with E-state index in [1.165, 1.54) is 0 Å². The van der Waals surface area contributed by atoms with Gasteiger partial charge in [0.15, 0.2) is 6.19 Å². The Bertz CT molecular complexity index is 849. The van der Waals surface area contributed by atoms with Crippen LogP contribution in [-0.2, 0) is 0 Å². The van der Waals surface area contributed by atoms with Gasteiger partial charge in [0, 0.05) is 25.3 Å². The first-order valence-corrected chi connectivity index (χ1v) is 7.62. The molecule has 0 aliphatic carbocycles. The highest BCUT2D eigenvalue weighted by Crippen LogP contribution is 2.20. The number of nitrogens with zero attached hydrogens (tertiary/aromatic N) is 4. The molecule has 1 saturated heterocycles. The second-order valence-corrected chi connectivity index (χ2v) is 5.63. The average molecular weight is 317 g/mol. The second kappa shape index (κ2) is 6.80. The summed E-state index contributed by atoms with van der Waals surface area (Å²) < 4.78 is 0. The summed E-state index contributed by atoms with van der Waals surface area (Å²) in [4.78, 5) is 18.1. The summed E-state index contributed by atoms with van der Waals surface area (Å²) in [6.45, 7) is 1.20. The molecule has 1 atom stereocenters. The molecule has 1 fully saturated rings. The smallest absolute Gasteiger partial charge is 0.270 e. The lowest BCUT2D eigenvalue weighted by Crippen LogP contribution is -2.36. The molecule has 6 heteroatoms. The molecule has 0 bridgehead atoms. The fraction of sp³-hybridized carbons (Fsp3) is 0.222. The van der Waals surface area contributed by atoms with Crippen LogP contribution >= 0.6 is 0 Å². The number of hydrogen-bond donors (Lipinski definition) is 1. The molecule has 1 aliphatic rings. The lowest BCUT2D eigenvalue weighted by molar-refractivity contribution is 0.0934. The molecule has 2 aromatic rings. The van der Waals surface area contributed by atoms with Crippen molar-refractivity contribution in [2.24, 2.45) is 0 Å². The van der Waals surface area contributed by atoms with E-state index < -0.39 is 0 Å². The van der Waals surface area contributed by atoms with Gasteiger partial charge in [-0.2, -0.15) is 10.5 Å². The average Bonchev–Trinajstić information content (AvgIpc) is 3.09. The van der Waals surface area contributed by atoms with Crippen LogP contribution < -0.4 is 5.32 Å². The third-order valence-corrected chi connectivity index (χ3v) is 3.98. The number of benzene rings is 1. The van der Waals surface area contributed by atoms with E-state index in [1.54, 1.807) is 35.4 Å². The van der Waals surface area contributed by atoms with Crippen LogP contribution in [-0.4, -0.2) is 34.9 Å². The first-order valence-electron chi connectivity index (χ1n) is 7.62. The zero-order valence-electron chi connectivity index (χ0n) is 12.9. The van der Waals surface area contributed by atoms with E-state index in [-0.39, 0.29) is 11.9 Å². The first kappa shape index (κ1) is 15.5. The molecule has 0 spiro atoms. The molecule has 2 heterocycles. The van der Waals surface area contributed by atoms with Crippen molar-refractivity contribution >= 4 is 5.91 Å². The standard InChI is InChI=1S/C18H15N5O/c19-10-13-2-1-3-14(8-13)15-4-6-21-17(9-15)18(24)22-16-5-7-23(11-16)12-20/h1-4,6,8-9,16H,5,7,11H2,(H,22,24)/t16-/m1/s1. The molecule has 3 rings (SSSR count). The Morgan fingerprint density at radius 1 is 1.25 bits per heavy atom. The molecule has 0 radical (unpaired) electrons. The molecule has 24 heavy (non-hydrogen) atoms. The Kier molecular flexibility index (Phi) is 4.40. The van der Waals surface area contributed by atoms with Gasteiger partial charge in [0.2, 0.25) is 0 Å². The van der Waals surface area contributed by atoms with Crippen molar-refractivity contribution in [1.82, 2.24) is 15.2 Å². The monoisotopic (exact) mass is 317 g/mol. The zero-order chi connectivity index (χ0) is 16.9. The maximum absolute atomic E-state index is 12.4. The number of likely N-dealkylation sites (tertiary alicyclic amines) is 1. The van der Waals surface area contributed by atoms with E-state index in [0.29, 0.717) is 24.3 Å². The zero-order valence-corrected chi connectivity index (χ0v) is 12.9. The van der Waals surface area contributed by atoms with Crippen LogP contribution in [0, 0.1) is 22.8 Å². The van der Waals surface area contributed by atoms with Crippen molar-refractivity contribution < 1.29 is 4.79 Å². The van der Waals surface area contributed by atoms with Crippen molar-refractivity contribution in [2.75, 3.05) is 13.1 Å². The maximum atomic E-state index is 12.4. The van der Waals surface area contributed by atoms with Crippen LogP contribution in [0.4, 0.5) is 0 Å². The van der Waals surface area contributed by atoms with E-state index in [4.69, 9.17) is 10.5 Å². The molecule has 1 aromatic heterocycles. The molecule has 1 aliphatic heterocycles. The van der Waals surface area contributed by atoms with Crippen LogP contribution in [0.3, 0.4) is 0 Å². The summed E-state index contributed by atoms with van der Waals surface area (Å²) in [5.41, 5.74) is 2.59. The summed E-state index contributed by atoms with van der Waals surface area (Å²) in [6.07, 6.45) is 4.42. The minimum atomic E-state index is -0.252. The highest BCUT2D eigenvalue weighted by Gasteiger charge is 2.23. The van der Waals surface area contributed by atoms with E-state index in [2.05, 4.69) is 22.6 Å². The topological polar surface area (TPSA) is 92.8 Å². The van der Waals surface area contributed by atoms with Crippen LogP contribution in [0.2, 0.25) is 0 Å². The normalized spacial score (nSPS) is 16.2. The number of nitriles is 2. The number of pyridine rings is 1. The summed E-state index contributed by atoms with van der Waals surface area (Å²) in [7, 11) is 0. The van der Waals surface area contributed by atoms with Gasteiger partial charge in [-0.05, 0) is 41.8 Å². The van der Waals surface area contributed by atoms with Crippen LogP contribution in [0.1, 0.15) is 22.5 Å². The van der Waals surface area contributed by atoms with Gasteiger partial charge in [-0.1, -0.05) is 12.1 Å². The molecule has 6 nitrogen and oxygen atoms in total. The van der Waals surface area contributed by atoms with Crippen molar-refractivity contribution in [2.45, 2.75) is 12.5 Å². The molecular weight excluding hydrogens is 302 g/mol. The molecular formula is C18H15N5O. The SMILES string of the molecule is N#Cc1cccc(-c2ccnc(C(=O)N[C@@H]3CCN(C#N)C3)c2)c1. The maximum Gasteiger partial charge on any atom is 0.270 e. The highest BCUT2D eigenvalue weighted by molar-refractivity contribution is 5.93. The minimum absolute atomic E-state index is 0.0375. The van der Waals surface area contributed by atoms with Gasteiger partial charge in [-0.3, -0.25) is 9.78 Å². The van der Waals surface area contributed by atoms with Crippen LogP contribution in [0.15, 0.2) is 42.6 Å². The van der Waals surface area contributed by atoms with Gasteiger partial charge in [0.05, 0.1) is 11.6 Å². The summed E-state index contributed by atoms with van der Waals surface area (Å²) >= 11 is 0. The van der Waals surface area contributed by atoms with Crippen molar-refractivity contribution in [1.29, 1.82) is 10.5 Å². The Labute approximate surface area is 140 Å². The van der Waals surface area contributed by atoms with Crippen molar-refractivity contribution in [3.05, 3.63) is 53.9 Å².